The minimum atomic E-state index is -0.890. The second kappa shape index (κ2) is 7.05. The van der Waals surface area contributed by atoms with Gasteiger partial charge in [0, 0.05) is 19.4 Å². The van der Waals surface area contributed by atoms with Gasteiger partial charge in [-0.15, -0.1) is 12.3 Å². The van der Waals surface area contributed by atoms with Gasteiger partial charge in [-0.1, -0.05) is 6.92 Å². The summed E-state index contributed by atoms with van der Waals surface area (Å²) < 4.78 is 0. The molecule has 4 heteroatoms. The van der Waals surface area contributed by atoms with Crippen LogP contribution in [0.25, 0.3) is 0 Å². The number of rotatable bonds is 5. The Morgan fingerprint density at radius 2 is 2.17 bits per heavy atom. The monoisotopic (exact) mass is 251 g/mol. The molecule has 0 radical (unpaired) electrons. The fraction of sp³-hybridized carbons (Fsp3) is 0.714. The predicted octanol–water partition coefficient (Wildman–Crippen LogP) is 1.89. The topological polar surface area (TPSA) is 57.6 Å². The van der Waals surface area contributed by atoms with Gasteiger partial charge in [0.1, 0.15) is 6.04 Å². The molecule has 1 heterocycles. The van der Waals surface area contributed by atoms with Crippen molar-refractivity contribution < 1.29 is 14.7 Å². The standard InChI is InChI=1S/C14H21NO3/c1-3-4-5-6-7-13(16)15-9-8-11(2)10-12(15)14(17)18/h1,11-12H,4-10H2,2H3,(H,17,18). The van der Waals surface area contributed by atoms with E-state index in [0.717, 1.165) is 19.3 Å². The number of nitrogens with zero attached hydrogens (tertiary/aromatic N) is 1. The van der Waals surface area contributed by atoms with E-state index >= 15 is 0 Å². The summed E-state index contributed by atoms with van der Waals surface area (Å²) in [4.78, 5) is 24.7. The number of carboxylic acid groups (broad SMARTS) is 1. The largest absolute Gasteiger partial charge is 0.480 e. The van der Waals surface area contributed by atoms with E-state index in [2.05, 4.69) is 5.92 Å². The van der Waals surface area contributed by atoms with E-state index in [4.69, 9.17) is 11.5 Å². The number of aliphatic carboxylic acids is 1. The summed E-state index contributed by atoms with van der Waals surface area (Å²) in [5, 5.41) is 9.16. The fourth-order valence-electron chi connectivity index (χ4n) is 2.32. The van der Waals surface area contributed by atoms with Crippen molar-refractivity contribution >= 4 is 11.9 Å². The van der Waals surface area contributed by atoms with Gasteiger partial charge < -0.3 is 10.0 Å². The van der Waals surface area contributed by atoms with Crippen molar-refractivity contribution in [2.75, 3.05) is 6.54 Å². The zero-order valence-electron chi connectivity index (χ0n) is 10.9. The Morgan fingerprint density at radius 3 is 2.78 bits per heavy atom. The van der Waals surface area contributed by atoms with E-state index in [1.165, 1.54) is 4.90 Å². The predicted molar refractivity (Wildman–Crippen MR) is 68.8 cm³/mol. The molecular formula is C14H21NO3. The maximum Gasteiger partial charge on any atom is 0.326 e. The molecule has 1 aliphatic heterocycles. The average Bonchev–Trinajstić information content (AvgIpc) is 2.34. The normalized spacial score (nSPS) is 23.4. The Bertz CT molecular complexity index is 345. The van der Waals surface area contributed by atoms with Gasteiger partial charge in [-0.2, -0.15) is 0 Å². The van der Waals surface area contributed by atoms with Gasteiger partial charge in [0.2, 0.25) is 5.91 Å². The van der Waals surface area contributed by atoms with Crippen LogP contribution in [0.4, 0.5) is 0 Å². The number of carbonyl (C=O) groups excluding carboxylic acids is 1. The number of hydrogen-bond donors (Lipinski definition) is 1. The number of carboxylic acids is 1. The molecule has 2 atom stereocenters. The lowest BCUT2D eigenvalue weighted by molar-refractivity contribution is -0.153. The zero-order chi connectivity index (χ0) is 13.5. The molecule has 4 nitrogen and oxygen atoms in total. The summed E-state index contributed by atoms with van der Waals surface area (Å²) in [6.45, 7) is 2.59. The molecule has 0 saturated carbocycles. The summed E-state index contributed by atoms with van der Waals surface area (Å²) in [5.74, 6) is 1.97. The molecule has 0 bridgehead atoms. The molecule has 1 amide bonds. The second-order valence-electron chi connectivity index (χ2n) is 4.98. The number of piperidine rings is 1. The van der Waals surface area contributed by atoms with Crippen LogP contribution in [0.3, 0.4) is 0 Å². The summed E-state index contributed by atoms with van der Waals surface area (Å²) in [6.07, 6.45) is 9.23. The Hall–Kier alpha value is -1.50. The molecule has 1 saturated heterocycles. The molecule has 18 heavy (non-hydrogen) atoms. The van der Waals surface area contributed by atoms with Gasteiger partial charge in [-0.25, -0.2) is 4.79 Å². The van der Waals surface area contributed by atoms with E-state index in [9.17, 15) is 9.59 Å². The second-order valence-corrected chi connectivity index (χ2v) is 4.98. The highest BCUT2D eigenvalue weighted by Crippen LogP contribution is 2.23. The van der Waals surface area contributed by atoms with Gasteiger partial charge in [0.05, 0.1) is 0 Å². The molecule has 0 aromatic heterocycles. The van der Waals surface area contributed by atoms with E-state index in [0.29, 0.717) is 31.7 Å². The lowest BCUT2D eigenvalue weighted by Crippen LogP contribution is -2.49. The lowest BCUT2D eigenvalue weighted by atomic mass is 9.92. The third-order valence-corrected chi connectivity index (χ3v) is 3.43. The Labute approximate surface area is 108 Å². The number of amides is 1. The number of unbranched alkanes of at least 4 members (excludes halogenated alkanes) is 2. The Morgan fingerprint density at radius 1 is 1.44 bits per heavy atom. The third-order valence-electron chi connectivity index (χ3n) is 3.43. The van der Waals surface area contributed by atoms with E-state index < -0.39 is 12.0 Å². The maximum absolute atomic E-state index is 12.0. The van der Waals surface area contributed by atoms with Gasteiger partial charge in [-0.3, -0.25) is 4.79 Å². The van der Waals surface area contributed by atoms with Crippen molar-refractivity contribution in [1.29, 1.82) is 0 Å². The summed E-state index contributed by atoms with van der Waals surface area (Å²) >= 11 is 0. The third kappa shape index (κ3) is 4.06. The van der Waals surface area contributed by atoms with Crippen molar-refractivity contribution in [2.24, 2.45) is 5.92 Å². The summed E-state index contributed by atoms with van der Waals surface area (Å²) in [6, 6.07) is -0.645. The molecule has 0 aromatic rings. The van der Waals surface area contributed by atoms with Gasteiger partial charge >= 0.3 is 5.97 Å². The van der Waals surface area contributed by atoms with Crippen molar-refractivity contribution in [1.82, 2.24) is 4.90 Å². The highest BCUT2D eigenvalue weighted by atomic mass is 16.4. The van der Waals surface area contributed by atoms with Crippen molar-refractivity contribution in [3.05, 3.63) is 0 Å². The molecule has 1 rings (SSSR count). The number of carbonyl (C=O) groups is 2. The van der Waals surface area contributed by atoms with Crippen LogP contribution in [0, 0.1) is 18.3 Å². The first-order valence-electron chi connectivity index (χ1n) is 6.52. The number of likely N-dealkylation sites (tertiary alicyclic amines) is 1. The van der Waals surface area contributed by atoms with Gasteiger partial charge in [0.15, 0.2) is 0 Å². The van der Waals surface area contributed by atoms with Crippen LogP contribution in [0.1, 0.15) is 45.4 Å². The fourth-order valence-corrected chi connectivity index (χ4v) is 2.32. The minimum Gasteiger partial charge on any atom is -0.480 e. The molecule has 100 valence electrons. The SMILES string of the molecule is C#CCCCCC(=O)N1CCC(C)CC1C(=O)O. The molecular weight excluding hydrogens is 230 g/mol. The van der Waals surface area contributed by atoms with Crippen LogP contribution >= 0.6 is 0 Å². The van der Waals surface area contributed by atoms with E-state index in [1.54, 1.807) is 0 Å². The van der Waals surface area contributed by atoms with Gasteiger partial charge in [0.25, 0.3) is 0 Å². The van der Waals surface area contributed by atoms with Crippen LogP contribution in [0.15, 0.2) is 0 Å². The van der Waals surface area contributed by atoms with Crippen LogP contribution < -0.4 is 0 Å². The van der Waals surface area contributed by atoms with Crippen molar-refractivity contribution in [2.45, 2.75) is 51.5 Å². The summed E-state index contributed by atoms with van der Waals surface area (Å²) in [7, 11) is 0. The van der Waals surface area contributed by atoms with Crippen LogP contribution in [-0.4, -0.2) is 34.5 Å². The van der Waals surface area contributed by atoms with Crippen LogP contribution in [0.5, 0.6) is 0 Å². The average molecular weight is 251 g/mol. The number of hydrogen-bond acceptors (Lipinski definition) is 2. The first kappa shape index (κ1) is 14.6. The van der Waals surface area contributed by atoms with Crippen molar-refractivity contribution in [3.8, 4) is 12.3 Å². The molecule has 2 unspecified atom stereocenters. The first-order chi connectivity index (χ1) is 8.56. The van der Waals surface area contributed by atoms with Crippen LogP contribution in [0.2, 0.25) is 0 Å². The lowest BCUT2D eigenvalue weighted by Gasteiger charge is -2.36. The molecule has 1 fully saturated rings. The smallest absolute Gasteiger partial charge is 0.326 e. The Kier molecular flexibility index (Phi) is 5.70. The maximum atomic E-state index is 12.0. The molecule has 0 aromatic carbocycles. The highest BCUT2D eigenvalue weighted by molar-refractivity contribution is 5.83. The summed E-state index contributed by atoms with van der Waals surface area (Å²) in [5.41, 5.74) is 0. The van der Waals surface area contributed by atoms with E-state index in [1.807, 2.05) is 6.92 Å². The number of terminal acetylenes is 1. The Balaban J connectivity index is 2.49. The molecule has 0 aliphatic carbocycles. The molecule has 1 N–H and O–H groups in total. The first-order valence-corrected chi connectivity index (χ1v) is 6.52. The van der Waals surface area contributed by atoms with Gasteiger partial charge in [-0.05, 0) is 31.6 Å². The van der Waals surface area contributed by atoms with Crippen molar-refractivity contribution in [3.63, 3.8) is 0 Å². The van der Waals surface area contributed by atoms with Crippen LogP contribution in [-0.2, 0) is 9.59 Å². The minimum absolute atomic E-state index is 0.0497. The highest BCUT2D eigenvalue weighted by Gasteiger charge is 2.34. The zero-order valence-corrected chi connectivity index (χ0v) is 10.9. The van der Waals surface area contributed by atoms with E-state index in [-0.39, 0.29) is 5.91 Å². The molecule has 0 spiro atoms. The molecule has 1 aliphatic rings. The quantitative estimate of drug-likeness (QED) is 0.599.